The van der Waals surface area contributed by atoms with E-state index in [1.807, 2.05) is 37.3 Å². The number of rotatable bonds is 2. The summed E-state index contributed by atoms with van der Waals surface area (Å²) in [5, 5.41) is 0. The van der Waals surface area contributed by atoms with E-state index < -0.39 is 5.66 Å². The van der Waals surface area contributed by atoms with Gasteiger partial charge in [-0.1, -0.05) is 42.0 Å². The minimum Gasteiger partial charge on any atom is -0.310 e. The van der Waals surface area contributed by atoms with Gasteiger partial charge in [-0.15, -0.1) is 0 Å². The van der Waals surface area contributed by atoms with Crippen LogP contribution in [0.3, 0.4) is 0 Å². The zero-order chi connectivity index (χ0) is 12.5. The Morgan fingerprint density at radius 1 is 1.24 bits per heavy atom. The minimum absolute atomic E-state index is 0.0230. The number of nitrogens with two attached hydrogens (primary N) is 2. The van der Waals surface area contributed by atoms with Crippen LogP contribution in [-0.2, 0) is 0 Å². The summed E-state index contributed by atoms with van der Waals surface area (Å²) in [5.41, 5.74) is 13.1. The lowest BCUT2D eigenvalue weighted by Crippen LogP contribution is -2.48. The molecule has 88 valence electrons. The molecule has 0 unspecified atom stereocenters. The van der Waals surface area contributed by atoms with Crippen LogP contribution in [0.2, 0.25) is 0 Å². The lowest BCUT2D eigenvalue weighted by atomic mass is 9.88. The molecule has 0 heterocycles. The van der Waals surface area contributed by atoms with Crippen molar-refractivity contribution in [3.05, 3.63) is 59.2 Å². The predicted molar refractivity (Wildman–Crippen MR) is 68.3 cm³/mol. The van der Waals surface area contributed by atoms with E-state index in [2.05, 4.69) is 0 Å². The molecule has 0 aromatic heterocycles. The average Bonchev–Trinajstić information content (AvgIpc) is 2.28. The maximum Gasteiger partial charge on any atom is 0.192 e. The first-order valence-electron chi connectivity index (χ1n) is 5.56. The first-order chi connectivity index (χ1) is 7.99. The van der Waals surface area contributed by atoms with Gasteiger partial charge in [0.1, 0.15) is 0 Å². The fraction of sp³-hybridized carbons (Fsp3) is 0.214. The van der Waals surface area contributed by atoms with Crippen molar-refractivity contribution in [3.63, 3.8) is 0 Å². The molecule has 0 radical (unpaired) electrons. The van der Waals surface area contributed by atoms with Crippen molar-refractivity contribution in [1.82, 2.24) is 0 Å². The van der Waals surface area contributed by atoms with Gasteiger partial charge in [0, 0.05) is 17.6 Å². The second kappa shape index (κ2) is 4.28. The van der Waals surface area contributed by atoms with Crippen LogP contribution in [-0.4, -0.2) is 11.4 Å². The largest absolute Gasteiger partial charge is 0.310 e. The molecular formula is C14H16N2O. The molecule has 2 rings (SSSR count). The summed E-state index contributed by atoms with van der Waals surface area (Å²) < 4.78 is 0. The molecule has 1 aromatic rings. The highest BCUT2D eigenvalue weighted by Crippen LogP contribution is 2.24. The van der Waals surface area contributed by atoms with Crippen LogP contribution in [0.5, 0.6) is 0 Å². The summed E-state index contributed by atoms with van der Waals surface area (Å²) in [6.07, 6.45) is 3.93. The standard InChI is InChI=1S/C14H16N2O/c1-10-9-14(15,16)8-7-12(10)13(17)11-5-3-2-4-6-11/h2-8H,9,15-16H2,1H3. The van der Waals surface area contributed by atoms with Gasteiger partial charge in [-0.2, -0.15) is 0 Å². The Bertz CT molecular complexity index is 498. The van der Waals surface area contributed by atoms with Crippen LogP contribution in [0.15, 0.2) is 53.6 Å². The molecule has 0 saturated heterocycles. The summed E-state index contributed by atoms with van der Waals surface area (Å²) in [4.78, 5) is 12.2. The smallest absolute Gasteiger partial charge is 0.192 e. The fourth-order valence-electron chi connectivity index (χ4n) is 2.01. The van der Waals surface area contributed by atoms with E-state index in [1.54, 1.807) is 12.2 Å². The Kier molecular flexibility index (Phi) is 2.96. The van der Waals surface area contributed by atoms with E-state index in [9.17, 15) is 4.79 Å². The van der Waals surface area contributed by atoms with Crippen LogP contribution in [0.4, 0.5) is 0 Å². The Labute approximate surface area is 101 Å². The number of carbonyl (C=O) groups excluding carboxylic acids is 1. The molecule has 17 heavy (non-hydrogen) atoms. The van der Waals surface area contributed by atoms with Crippen LogP contribution >= 0.6 is 0 Å². The lowest BCUT2D eigenvalue weighted by Gasteiger charge is -2.25. The fourth-order valence-corrected chi connectivity index (χ4v) is 2.01. The van der Waals surface area contributed by atoms with Crippen molar-refractivity contribution in [2.24, 2.45) is 11.5 Å². The van der Waals surface area contributed by atoms with Crippen molar-refractivity contribution >= 4 is 5.78 Å². The molecule has 4 N–H and O–H groups in total. The van der Waals surface area contributed by atoms with Crippen molar-refractivity contribution < 1.29 is 4.79 Å². The molecular weight excluding hydrogens is 212 g/mol. The molecule has 0 spiro atoms. The van der Waals surface area contributed by atoms with E-state index in [4.69, 9.17) is 11.5 Å². The third-order valence-corrected chi connectivity index (χ3v) is 2.87. The van der Waals surface area contributed by atoms with Crippen LogP contribution in [0, 0.1) is 0 Å². The highest BCUT2D eigenvalue weighted by atomic mass is 16.1. The average molecular weight is 228 g/mol. The second-order valence-electron chi connectivity index (χ2n) is 4.51. The third kappa shape index (κ3) is 2.52. The summed E-state index contributed by atoms with van der Waals surface area (Å²) in [5.74, 6) is 0.0230. The molecule has 1 aliphatic carbocycles. The van der Waals surface area contributed by atoms with E-state index in [1.165, 1.54) is 0 Å². The van der Waals surface area contributed by atoms with Crippen LogP contribution in [0.1, 0.15) is 23.7 Å². The van der Waals surface area contributed by atoms with E-state index in [0.29, 0.717) is 17.6 Å². The summed E-state index contributed by atoms with van der Waals surface area (Å²) >= 11 is 0. The number of ketones is 1. The minimum atomic E-state index is -0.829. The zero-order valence-corrected chi connectivity index (χ0v) is 9.81. The zero-order valence-electron chi connectivity index (χ0n) is 9.81. The molecule has 0 amide bonds. The molecule has 1 aliphatic rings. The molecule has 0 bridgehead atoms. The van der Waals surface area contributed by atoms with Gasteiger partial charge in [-0.05, 0) is 13.0 Å². The van der Waals surface area contributed by atoms with Gasteiger partial charge in [-0.3, -0.25) is 4.79 Å². The highest BCUT2D eigenvalue weighted by Gasteiger charge is 2.24. The van der Waals surface area contributed by atoms with Crippen molar-refractivity contribution in [2.45, 2.75) is 19.0 Å². The first-order valence-corrected chi connectivity index (χ1v) is 5.56. The Balaban J connectivity index is 2.31. The van der Waals surface area contributed by atoms with Gasteiger partial charge in [0.2, 0.25) is 0 Å². The normalized spacial score (nSPS) is 18.3. The monoisotopic (exact) mass is 228 g/mol. The van der Waals surface area contributed by atoms with Gasteiger partial charge in [0.25, 0.3) is 0 Å². The predicted octanol–water partition coefficient (Wildman–Crippen LogP) is 1.76. The molecule has 0 atom stereocenters. The highest BCUT2D eigenvalue weighted by molar-refractivity contribution is 6.11. The van der Waals surface area contributed by atoms with E-state index >= 15 is 0 Å². The summed E-state index contributed by atoms with van der Waals surface area (Å²) in [6, 6.07) is 9.21. The quantitative estimate of drug-likeness (QED) is 0.598. The molecule has 3 heteroatoms. The Hall–Kier alpha value is -1.71. The summed E-state index contributed by atoms with van der Waals surface area (Å²) in [7, 11) is 0. The number of hydrogen-bond acceptors (Lipinski definition) is 3. The van der Waals surface area contributed by atoms with Gasteiger partial charge >= 0.3 is 0 Å². The Morgan fingerprint density at radius 2 is 1.88 bits per heavy atom. The number of benzene rings is 1. The van der Waals surface area contributed by atoms with Gasteiger partial charge in [0.05, 0.1) is 5.66 Å². The Morgan fingerprint density at radius 3 is 2.47 bits per heavy atom. The molecule has 0 saturated carbocycles. The van der Waals surface area contributed by atoms with Crippen LogP contribution in [0.25, 0.3) is 0 Å². The van der Waals surface area contributed by atoms with Gasteiger partial charge in [0.15, 0.2) is 5.78 Å². The van der Waals surface area contributed by atoms with Gasteiger partial charge < -0.3 is 11.5 Å². The number of Topliss-reactive ketones (excluding diaryl/α,β-unsaturated/α-hetero) is 1. The maximum atomic E-state index is 12.2. The topological polar surface area (TPSA) is 69.1 Å². The van der Waals surface area contributed by atoms with Crippen molar-refractivity contribution in [3.8, 4) is 0 Å². The van der Waals surface area contributed by atoms with E-state index in [-0.39, 0.29) is 5.78 Å². The first kappa shape index (κ1) is 11.8. The number of hydrogen-bond donors (Lipinski definition) is 2. The number of allylic oxidation sites excluding steroid dienone is 2. The van der Waals surface area contributed by atoms with E-state index in [0.717, 1.165) is 5.57 Å². The molecule has 0 aliphatic heterocycles. The van der Waals surface area contributed by atoms with Crippen molar-refractivity contribution in [2.75, 3.05) is 0 Å². The third-order valence-electron chi connectivity index (χ3n) is 2.87. The summed E-state index contributed by atoms with van der Waals surface area (Å²) in [6.45, 7) is 1.90. The van der Waals surface area contributed by atoms with Crippen LogP contribution < -0.4 is 11.5 Å². The maximum absolute atomic E-state index is 12.2. The molecule has 3 nitrogen and oxygen atoms in total. The molecule has 0 fully saturated rings. The number of carbonyl (C=O) groups is 1. The SMILES string of the molecule is CC1=C(C(=O)c2ccccc2)C=CC(N)(N)C1. The van der Waals surface area contributed by atoms with Gasteiger partial charge in [-0.25, -0.2) is 0 Å². The lowest BCUT2D eigenvalue weighted by molar-refractivity contribution is 0.103. The second-order valence-corrected chi connectivity index (χ2v) is 4.51. The van der Waals surface area contributed by atoms with Crippen molar-refractivity contribution in [1.29, 1.82) is 0 Å². The molecule has 1 aromatic carbocycles.